The fourth-order valence-corrected chi connectivity index (χ4v) is 3.15. The largest absolute Gasteiger partial charge is 0.497 e. The molecule has 0 spiro atoms. The highest BCUT2D eigenvalue weighted by Crippen LogP contribution is 2.28. The van der Waals surface area contributed by atoms with Gasteiger partial charge in [-0.25, -0.2) is 13.1 Å². The monoisotopic (exact) mass is 356 g/mol. The summed E-state index contributed by atoms with van der Waals surface area (Å²) in [6, 6.07) is 10.1. The fourth-order valence-electron chi connectivity index (χ4n) is 1.85. The first-order valence-electron chi connectivity index (χ1n) is 6.40. The zero-order valence-electron chi connectivity index (χ0n) is 12.0. The Morgan fingerprint density at radius 2 is 1.87 bits per heavy atom. The van der Waals surface area contributed by atoms with Crippen LogP contribution in [0.1, 0.15) is 5.56 Å². The molecule has 0 unspecified atom stereocenters. The molecule has 0 aliphatic rings. The Bertz CT molecular complexity index is 822. The summed E-state index contributed by atoms with van der Waals surface area (Å²) in [6.07, 6.45) is 0. The van der Waals surface area contributed by atoms with Gasteiger partial charge in [-0.3, -0.25) is 10.1 Å². The maximum atomic E-state index is 12.3. The number of halogens is 1. The zero-order valence-corrected chi connectivity index (χ0v) is 13.6. The van der Waals surface area contributed by atoms with Gasteiger partial charge in [0.25, 0.3) is 5.69 Å². The smallest absolute Gasteiger partial charge is 0.293 e. The van der Waals surface area contributed by atoms with Crippen LogP contribution < -0.4 is 9.46 Å². The number of methoxy groups -OCH3 is 1. The molecule has 2 rings (SSSR count). The average molecular weight is 357 g/mol. The molecule has 122 valence electrons. The van der Waals surface area contributed by atoms with Gasteiger partial charge in [0.2, 0.25) is 10.0 Å². The van der Waals surface area contributed by atoms with Crippen molar-refractivity contribution in [1.82, 2.24) is 4.72 Å². The number of sulfonamides is 1. The molecule has 0 heterocycles. The Morgan fingerprint density at radius 3 is 2.43 bits per heavy atom. The highest BCUT2D eigenvalue weighted by Gasteiger charge is 2.26. The molecular weight excluding hydrogens is 344 g/mol. The fraction of sp³-hybridized carbons (Fsp3) is 0.143. The third kappa shape index (κ3) is 4.19. The minimum absolute atomic E-state index is 0.0112. The van der Waals surface area contributed by atoms with Crippen molar-refractivity contribution in [3.05, 3.63) is 63.2 Å². The quantitative estimate of drug-likeness (QED) is 0.633. The lowest BCUT2D eigenvalue weighted by atomic mass is 10.2. The number of hydrogen-bond acceptors (Lipinski definition) is 5. The topological polar surface area (TPSA) is 98.5 Å². The maximum Gasteiger partial charge on any atom is 0.293 e. The van der Waals surface area contributed by atoms with E-state index in [-0.39, 0.29) is 12.3 Å². The molecule has 0 bridgehead atoms. The van der Waals surface area contributed by atoms with Crippen LogP contribution in [0.3, 0.4) is 0 Å². The second-order valence-corrected chi connectivity index (χ2v) is 6.71. The predicted molar refractivity (Wildman–Crippen MR) is 85.1 cm³/mol. The number of rotatable bonds is 6. The molecule has 0 saturated carbocycles. The van der Waals surface area contributed by atoms with E-state index in [0.29, 0.717) is 10.6 Å². The van der Waals surface area contributed by atoms with Crippen LogP contribution in [0, 0.1) is 10.1 Å². The first-order valence-corrected chi connectivity index (χ1v) is 8.26. The molecule has 0 aliphatic heterocycles. The first-order chi connectivity index (χ1) is 10.8. The van der Waals surface area contributed by atoms with E-state index in [1.807, 2.05) is 0 Å². The molecule has 23 heavy (non-hydrogen) atoms. The minimum Gasteiger partial charge on any atom is -0.497 e. The molecule has 1 N–H and O–H groups in total. The Labute approximate surface area is 138 Å². The van der Waals surface area contributed by atoms with Crippen molar-refractivity contribution in [2.45, 2.75) is 11.4 Å². The van der Waals surface area contributed by atoms with Gasteiger partial charge in [-0.15, -0.1) is 0 Å². The lowest BCUT2D eigenvalue weighted by Gasteiger charge is -2.08. The van der Waals surface area contributed by atoms with E-state index in [4.69, 9.17) is 16.3 Å². The molecule has 2 aromatic carbocycles. The van der Waals surface area contributed by atoms with Gasteiger partial charge in [0.1, 0.15) is 5.75 Å². The lowest BCUT2D eigenvalue weighted by Crippen LogP contribution is -2.24. The van der Waals surface area contributed by atoms with E-state index in [1.165, 1.54) is 13.2 Å². The van der Waals surface area contributed by atoms with E-state index < -0.39 is 25.5 Å². The van der Waals surface area contributed by atoms with Gasteiger partial charge in [0.05, 0.1) is 18.1 Å². The summed E-state index contributed by atoms with van der Waals surface area (Å²) >= 11 is 5.76. The van der Waals surface area contributed by atoms with E-state index in [2.05, 4.69) is 4.72 Å². The summed E-state index contributed by atoms with van der Waals surface area (Å²) in [4.78, 5) is 9.91. The first kappa shape index (κ1) is 17.2. The molecule has 9 heteroatoms. The standard InChI is InChI=1S/C14H13ClN2O5S/c1-22-12-6-7-14(13(8-12)17(18)19)23(20,21)16-9-10-2-4-11(15)5-3-10/h2-8,16H,9H2,1H3. The predicted octanol–water partition coefficient (Wildman–Crippen LogP) is 2.74. The second kappa shape index (κ2) is 6.95. The normalized spacial score (nSPS) is 11.2. The summed E-state index contributed by atoms with van der Waals surface area (Å²) in [5.41, 5.74) is 0.127. The van der Waals surface area contributed by atoms with Gasteiger partial charge in [-0.2, -0.15) is 0 Å². The summed E-state index contributed by atoms with van der Waals surface area (Å²) < 4.78 is 31.8. The highest BCUT2D eigenvalue weighted by atomic mass is 35.5. The number of nitrogens with zero attached hydrogens (tertiary/aromatic N) is 1. The number of nitro groups is 1. The van der Waals surface area contributed by atoms with Gasteiger partial charge in [0.15, 0.2) is 4.90 Å². The Balaban J connectivity index is 2.28. The van der Waals surface area contributed by atoms with E-state index in [0.717, 1.165) is 12.1 Å². The molecular formula is C14H13ClN2O5S. The van der Waals surface area contributed by atoms with Crippen molar-refractivity contribution in [3.8, 4) is 5.75 Å². The van der Waals surface area contributed by atoms with Crippen molar-refractivity contribution in [1.29, 1.82) is 0 Å². The van der Waals surface area contributed by atoms with Crippen molar-refractivity contribution in [3.63, 3.8) is 0 Å². The molecule has 0 fully saturated rings. The summed E-state index contributed by atoms with van der Waals surface area (Å²) in [6.45, 7) is -0.0112. The van der Waals surface area contributed by atoms with Gasteiger partial charge >= 0.3 is 0 Å². The van der Waals surface area contributed by atoms with Gasteiger partial charge in [-0.1, -0.05) is 23.7 Å². The third-order valence-corrected chi connectivity index (χ3v) is 4.73. The summed E-state index contributed by atoms with van der Waals surface area (Å²) in [7, 11) is -2.71. The highest BCUT2D eigenvalue weighted by molar-refractivity contribution is 7.89. The molecule has 0 atom stereocenters. The SMILES string of the molecule is COc1ccc(S(=O)(=O)NCc2ccc(Cl)cc2)c([N+](=O)[O-])c1. The van der Waals surface area contributed by atoms with E-state index >= 15 is 0 Å². The lowest BCUT2D eigenvalue weighted by molar-refractivity contribution is -0.387. The van der Waals surface area contributed by atoms with Crippen molar-refractivity contribution in [2.24, 2.45) is 0 Å². The Kier molecular flexibility index (Phi) is 5.19. The average Bonchev–Trinajstić information content (AvgIpc) is 2.53. The third-order valence-electron chi connectivity index (χ3n) is 3.03. The van der Waals surface area contributed by atoms with Crippen molar-refractivity contribution < 1.29 is 18.1 Å². The molecule has 0 aromatic heterocycles. The van der Waals surface area contributed by atoms with Crippen LogP contribution in [0.5, 0.6) is 5.75 Å². The molecule has 0 saturated heterocycles. The van der Waals surface area contributed by atoms with Crippen LogP contribution in [0.25, 0.3) is 0 Å². The second-order valence-electron chi connectivity index (χ2n) is 4.54. The Morgan fingerprint density at radius 1 is 1.22 bits per heavy atom. The number of nitro benzene ring substituents is 1. The molecule has 0 radical (unpaired) electrons. The Hall–Kier alpha value is -2.16. The van der Waals surface area contributed by atoms with Gasteiger partial charge < -0.3 is 4.74 Å². The molecule has 0 aliphatic carbocycles. The van der Waals surface area contributed by atoms with Crippen LogP contribution in [0.2, 0.25) is 5.02 Å². The summed E-state index contributed by atoms with van der Waals surface area (Å²) in [5.74, 6) is 0.202. The van der Waals surface area contributed by atoms with Crippen molar-refractivity contribution in [2.75, 3.05) is 7.11 Å². The minimum atomic E-state index is -4.05. The zero-order chi connectivity index (χ0) is 17.0. The van der Waals surface area contributed by atoms with Crippen LogP contribution >= 0.6 is 11.6 Å². The van der Waals surface area contributed by atoms with Crippen LogP contribution in [-0.4, -0.2) is 20.5 Å². The summed E-state index contributed by atoms with van der Waals surface area (Å²) in [5, 5.41) is 11.6. The molecule has 0 amide bonds. The van der Waals surface area contributed by atoms with Crippen LogP contribution in [0.15, 0.2) is 47.4 Å². The number of hydrogen-bond donors (Lipinski definition) is 1. The number of benzene rings is 2. The van der Waals surface area contributed by atoms with Gasteiger partial charge in [-0.05, 0) is 29.8 Å². The molecule has 7 nitrogen and oxygen atoms in total. The van der Waals surface area contributed by atoms with Crippen LogP contribution in [0.4, 0.5) is 5.69 Å². The number of ether oxygens (including phenoxy) is 1. The molecule has 2 aromatic rings. The number of nitrogens with one attached hydrogen (secondary N) is 1. The van der Waals surface area contributed by atoms with Crippen molar-refractivity contribution >= 4 is 27.3 Å². The van der Waals surface area contributed by atoms with E-state index in [1.54, 1.807) is 24.3 Å². The van der Waals surface area contributed by atoms with Crippen LogP contribution in [-0.2, 0) is 16.6 Å². The van der Waals surface area contributed by atoms with E-state index in [9.17, 15) is 18.5 Å². The van der Waals surface area contributed by atoms with Gasteiger partial charge in [0, 0.05) is 11.6 Å². The maximum absolute atomic E-state index is 12.3.